The molecule has 1 fully saturated rings. The van der Waals surface area contributed by atoms with Crippen molar-refractivity contribution in [1.29, 1.82) is 0 Å². The first-order valence-electron chi connectivity index (χ1n) is 9.46. The molecule has 0 atom stereocenters. The third-order valence-corrected chi connectivity index (χ3v) is 6.88. The molecule has 1 aliphatic rings. The number of sulfonamides is 1. The van der Waals surface area contributed by atoms with Gasteiger partial charge in [0.05, 0.1) is 6.61 Å². The van der Waals surface area contributed by atoms with Crippen molar-refractivity contribution in [3.05, 3.63) is 47.4 Å². The molecule has 2 aromatic rings. The third kappa shape index (κ3) is 4.51. The van der Waals surface area contributed by atoms with Crippen LogP contribution in [-0.2, 0) is 14.8 Å². The van der Waals surface area contributed by atoms with Gasteiger partial charge in [0, 0.05) is 37.8 Å². The predicted molar refractivity (Wildman–Crippen MR) is 108 cm³/mol. The lowest BCUT2D eigenvalue weighted by Gasteiger charge is -2.33. The van der Waals surface area contributed by atoms with Crippen LogP contribution in [0.3, 0.4) is 0 Å². The summed E-state index contributed by atoms with van der Waals surface area (Å²) in [6.45, 7) is 6.72. The largest absolute Gasteiger partial charge is 0.493 e. The van der Waals surface area contributed by atoms with E-state index in [0.29, 0.717) is 25.4 Å². The number of nitrogens with zero attached hydrogens (tertiary/aromatic N) is 3. The topological polar surface area (TPSA) is 93.0 Å². The van der Waals surface area contributed by atoms with Crippen LogP contribution in [0.1, 0.15) is 23.9 Å². The van der Waals surface area contributed by atoms with E-state index in [4.69, 9.17) is 9.26 Å². The first-order valence-corrected chi connectivity index (χ1v) is 10.9. The summed E-state index contributed by atoms with van der Waals surface area (Å²) in [5.74, 6) is 0.831. The maximum atomic E-state index is 12.9. The van der Waals surface area contributed by atoms with Gasteiger partial charge in [0.25, 0.3) is 0 Å². The van der Waals surface area contributed by atoms with Gasteiger partial charge < -0.3 is 14.2 Å². The summed E-state index contributed by atoms with van der Waals surface area (Å²) < 4.78 is 37.7. The molecule has 1 amide bonds. The van der Waals surface area contributed by atoms with Gasteiger partial charge in [-0.2, -0.15) is 4.31 Å². The number of hydrogen-bond donors (Lipinski definition) is 0. The molecule has 0 aliphatic carbocycles. The fraction of sp³-hybridized carbons (Fsp3) is 0.400. The minimum absolute atomic E-state index is 0.115. The molecule has 0 radical (unpaired) electrons. The second kappa shape index (κ2) is 8.79. The lowest BCUT2D eigenvalue weighted by Crippen LogP contribution is -2.50. The first-order chi connectivity index (χ1) is 13.8. The van der Waals surface area contributed by atoms with Crippen LogP contribution in [0.25, 0.3) is 6.08 Å². The van der Waals surface area contributed by atoms with Gasteiger partial charge >= 0.3 is 0 Å². The number of carbonyl (C=O) groups excluding carboxylic acids is 1. The third-order valence-electron chi connectivity index (χ3n) is 4.74. The summed E-state index contributed by atoms with van der Waals surface area (Å²) in [6, 6.07) is 7.49. The highest BCUT2D eigenvalue weighted by Crippen LogP contribution is 2.24. The maximum absolute atomic E-state index is 12.9. The van der Waals surface area contributed by atoms with Gasteiger partial charge in [-0.1, -0.05) is 23.4 Å². The quantitative estimate of drug-likeness (QED) is 0.667. The number of para-hydroxylation sites is 1. The van der Waals surface area contributed by atoms with E-state index in [1.54, 1.807) is 24.8 Å². The van der Waals surface area contributed by atoms with E-state index < -0.39 is 10.0 Å². The second-order valence-electron chi connectivity index (χ2n) is 6.69. The summed E-state index contributed by atoms with van der Waals surface area (Å²) in [6.07, 6.45) is 3.22. The lowest BCUT2D eigenvalue weighted by atomic mass is 10.2. The number of aryl methyl sites for hydroxylation is 2. The fourth-order valence-electron chi connectivity index (χ4n) is 3.29. The zero-order valence-electron chi connectivity index (χ0n) is 16.8. The Balaban J connectivity index is 1.64. The number of benzene rings is 1. The van der Waals surface area contributed by atoms with Crippen LogP contribution < -0.4 is 4.74 Å². The molecule has 0 spiro atoms. The monoisotopic (exact) mass is 419 g/mol. The molecule has 156 valence electrons. The minimum atomic E-state index is -3.69. The van der Waals surface area contributed by atoms with Gasteiger partial charge in [-0.3, -0.25) is 4.79 Å². The summed E-state index contributed by atoms with van der Waals surface area (Å²) >= 11 is 0. The van der Waals surface area contributed by atoms with Crippen LogP contribution in [0.4, 0.5) is 0 Å². The Hall–Kier alpha value is -2.65. The average molecular weight is 420 g/mol. The van der Waals surface area contributed by atoms with Crippen molar-refractivity contribution in [2.75, 3.05) is 32.8 Å². The summed E-state index contributed by atoms with van der Waals surface area (Å²) in [5.41, 5.74) is 1.17. The van der Waals surface area contributed by atoms with E-state index >= 15 is 0 Å². The predicted octanol–water partition coefficient (Wildman–Crippen LogP) is 2.24. The Morgan fingerprint density at radius 1 is 1.21 bits per heavy atom. The van der Waals surface area contributed by atoms with E-state index in [0.717, 1.165) is 11.3 Å². The molecule has 2 heterocycles. The standard InChI is InChI=1S/C20H25N3O5S/c1-4-27-18-8-6-5-7-17(18)9-10-19(24)22-11-13-23(14-12-22)29(25,26)20-15(2)21-28-16(20)3/h5-10H,4,11-14H2,1-3H3/b10-9+. The molecule has 29 heavy (non-hydrogen) atoms. The van der Waals surface area contributed by atoms with E-state index in [1.165, 1.54) is 10.4 Å². The van der Waals surface area contributed by atoms with Crippen molar-refractivity contribution in [3.63, 3.8) is 0 Å². The van der Waals surface area contributed by atoms with E-state index in [9.17, 15) is 13.2 Å². The molecule has 0 N–H and O–H groups in total. The Kier molecular flexibility index (Phi) is 6.39. The first kappa shape index (κ1) is 21.1. The van der Waals surface area contributed by atoms with E-state index in [2.05, 4.69) is 5.16 Å². The molecule has 1 aliphatic heterocycles. The normalized spacial score (nSPS) is 15.8. The van der Waals surface area contributed by atoms with Crippen molar-refractivity contribution in [3.8, 4) is 5.75 Å². The zero-order valence-corrected chi connectivity index (χ0v) is 17.6. The van der Waals surface area contributed by atoms with Crippen LogP contribution in [0.5, 0.6) is 5.75 Å². The molecule has 1 aromatic heterocycles. The van der Waals surface area contributed by atoms with Crippen LogP contribution in [-0.4, -0.2) is 61.5 Å². The number of aromatic nitrogens is 1. The van der Waals surface area contributed by atoms with Crippen LogP contribution in [0.2, 0.25) is 0 Å². The highest BCUT2D eigenvalue weighted by Gasteiger charge is 2.33. The Morgan fingerprint density at radius 2 is 1.90 bits per heavy atom. The number of rotatable bonds is 6. The van der Waals surface area contributed by atoms with Gasteiger partial charge in [-0.25, -0.2) is 8.42 Å². The fourth-order valence-corrected chi connectivity index (χ4v) is 5.01. The van der Waals surface area contributed by atoms with Crippen LogP contribution >= 0.6 is 0 Å². The Bertz CT molecular complexity index is 985. The molecular weight excluding hydrogens is 394 g/mol. The molecule has 9 heteroatoms. The molecule has 8 nitrogen and oxygen atoms in total. The average Bonchev–Trinajstić information content (AvgIpc) is 3.06. The second-order valence-corrected chi connectivity index (χ2v) is 8.56. The van der Waals surface area contributed by atoms with Gasteiger partial charge in [0.2, 0.25) is 15.9 Å². The number of carbonyl (C=O) groups is 1. The summed E-state index contributed by atoms with van der Waals surface area (Å²) in [4.78, 5) is 14.3. The van der Waals surface area contributed by atoms with Crippen molar-refractivity contribution in [2.24, 2.45) is 0 Å². The van der Waals surface area contributed by atoms with Gasteiger partial charge in [-0.05, 0) is 32.9 Å². The lowest BCUT2D eigenvalue weighted by molar-refractivity contribution is -0.127. The minimum Gasteiger partial charge on any atom is -0.493 e. The molecular formula is C20H25N3O5S. The van der Waals surface area contributed by atoms with Crippen molar-refractivity contribution in [2.45, 2.75) is 25.7 Å². The molecule has 0 unspecified atom stereocenters. The smallest absolute Gasteiger partial charge is 0.248 e. The highest BCUT2D eigenvalue weighted by molar-refractivity contribution is 7.89. The number of amides is 1. The van der Waals surface area contributed by atoms with Crippen molar-refractivity contribution < 1.29 is 22.5 Å². The zero-order chi connectivity index (χ0) is 21.0. The van der Waals surface area contributed by atoms with Crippen LogP contribution in [0.15, 0.2) is 39.8 Å². The molecule has 1 aromatic carbocycles. The highest BCUT2D eigenvalue weighted by atomic mass is 32.2. The van der Waals surface area contributed by atoms with Crippen LogP contribution in [0, 0.1) is 13.8 Å². The molecule has 0 saturated carbocycles. The van der Waals surface area contributed by atoms with E-state index in [1.807, 2.05) is 31.2 Å². The summed E-state index contributed by atoms with van der Waals surface area (Å²) in [7, 11) is -3.69. The maximum Gasteiger partial charge on any atom is 0.248 e. The van der Waals surface area contributed by atoms with Gasteiger partial charge in [0.1, 0.15) is 16.3 Å². The van der Waals surface area contributed by atoms with Gasteiger partial charge in [0.15, 0.2) is 5.76 Å². The van der Waals surface area contributed by atoms with E-state index in [-0.39, 0.29) is 29.7 Å². The number of hydrogen-bond acceptors (Lipinski definition) is 6. The molecule has 1 saturated heterocycles. The summed E-state index contributed by atoms with van der Waals surface area (Å²) in [5, 5.41) is 3.73. The molecule has 0 bridgehead atoms. The Morgan fingerprint density at radius 3 is 2.52 bits per heavy atom. The van der Waals surface area contributed by atoms with Crippen molar-refractivity contribution in [1.82, 2.24) is 14.4 Å². The SMILES string of the molecule is CCOc1ccccc1/C=C/C(=O)N1CCN(S(=O)(=O)c2c(C)noc2C)CC1. The number of piperazine rings is 1. The Labute approximate surface area is 170 Å². The number of ether oxygens (including phenoxy) is 1. The molecule has 3 rings (SSSR count). The van der Waals surface area contributed by atoms with Gasteiger partial charge in [-0.15, -0.1) is 0 Å². The van der Waals surface area contributed by atoms with Crippen molar-refractivity contribution >= 4 is 22.0 Å².